The molecule has 1 aliphatic heterocycles. The number of carbonyl (C=O) groups is 2. The van der Waals surface area contributed by atoms with Crippen molar-refractivity contribution in [3.63, 3.8) is 0 Å². The Hall–Kier alpha value is -2.54. The number of hydrogen-bond acceptors (Lipinski definition) is 4. The van der Waals surface area contributed by atoms with E-state index in [-0.39, 0.29) is 17.9 Å². The highest BCUT2D eigenvalue weighted by Gasteiger charge is 2.48. The van der Waals surface area contributed by atoms with Crippen molar-refractivity contribution in [1.82, 2.24) is 20.0 Å². The van der Waals surface area contributed by atoms with E-state index in [9.17, 15) is 9.59 Å². The Balaban J connectivity index is 1.63. The minimum Gasteiger partial charge on any atom is -0.351 e. The molecule has 0 spiro atoms. The number of amides is 2. The summed E-state index contributed by atoms with van der Waals surface area (Å²) in [7, 11) is 0. The lowest BCUT2D eigenvalue weighted by Gasteiger charge is -2.44. The quantitative estimate of drug-likeness (QED) is 0.589. The van der Waals surface area contributed by atoms with E-state index in [0.29, 0.717) is 24.5 Å². The molecule has 2 aromatic rings. The molecule has 1 N–H and O–H groups in total. The van der Waals surface area contributed by atoms with Crippen molar-refractivity contribution in [3.05, 3.63) is 64.8 Å². The molecule has 7 heteroatoms. The largest absolute Gasteiger partial charge is 0.351 e. The molecule has 1 fully saturated rings. The fourth-order valence-corrected chi connectivity index (χ4v) is 5.37. The number of nitrogens with one attached hydrogen (secondary N) is 1. The van der Waals surface area contributed by atoms with Crippen molar-refractivity contribution in [2.45, 2.75) is 82.8 Å². The topological polar surface area (TPSA) is 67.2 Å². The van der Waals surface area contributed by atoms with Crippen LogP contribution in [0, 0.1) is 0 Å². The van der Waals surface area contributed by atoms with Crippen LogP contribution >= 0.6 is 11.8 Å². The van der Waals surface area contributed by atoms with Crippen LogP contribution in [-0.4, -0.2) is 38.1 Å². The molecule has 4 rings (SSSR count). The maximum absolute atomic E-state index is 13.7. The van der Waals surface area contributed by atoms with Crippen LogP contribution < -0.4 is 5.32 Å². The predicted molar refractivity (Wildman–Crippen MR) is 133 cm³/mol. The van der Waals surface area contributed by atoms with Gasteiger partial charge in [-0.2, -0.15) is 5.10 Å². The molecule has 176 valence electrons. The van der Waals surface area contributed by atoms with Gasteiger partial charge < -0.3 is 10.2 Å². The van der Waals surface area contributed by atoms with Crippen molar-refractivity contribution in [3.8, 4) is 0 Å². The van der Waals surface area contributed by atoms with Gasteiger partial charge in [-0.25, -0.2) is 0 Å². The lowest BCUT2D eigenvalue weighted by molar-refractivity contribution is -0.134. The van der Waals surface area contributed by atoms with Crippen LogP contribution in [0.3, 0.4) is 0 Å². The van der Waals surface area contributed by atoms with Crippen molar-refractivity contribution in [1.29, 1.82) is 0 Å². The average molecular weight is 467 g/mol. The van der Waals surface area contributed by atoms with Crippen LogP contribution in [0.2, 0.25) is 0 Å². The number of thioether (sulfide) groups is 1. The number of allylic oxidation sites excluding steroid dienone is 1. The van der Waals surface area contributed by atoms with Gasteiger partial charge >= 0.3 is 0 Å². The molecule has 0 bridgehead atoms. The highest BCUT2D eigenvalue weighted by atomic mass is 32.2. The standard InChI is InChI=1S/C26H34N4O2S/c1-3-15-33-18-22-16-23-24(31)29(17-20-11-7-6-8-12-20)26(2,19-30(23)28-22)25(32)27-21-13-9-4-5-10-14-21/h3,6-8,11-12,15-16,21H,4-5,9-10,13-14,17-19H2,1-2H3,(H,27,32)/b15-3-. The van der Waals surface area contributed by atoms with Crippen molar-refractivity contribution >= 4 is 23.6 Å². The number of carbonyl (C=O) groups excluding carboxylic acids is 2. The second kappa shape index (κ2) is 10.6. The summed E-state index contributed by atoms with van der Waals surface area (Å²) >= 11 is 1.65. The number of rotatable bonds is 7. The van der Waals surface area contributed by atoms with E-state index >= 15 is 0 Å². The first-order valence-corrected chi connectivity index (χ1v) is 13.0. The second-order valence-corrected chi connectivity index (χ2v) is 10.2. The molecule has 33 heavy (non-hydrogen) atoms. The first-order valence-electron chi connectivity index (χ1n) is 12.0. The Kier molecular flexibility index (Phi) is 7.58. The Labute approximate surface area is 200 Å². The van der Waals surface area contributed by atoms with Crippen molar-refractivity contribution in [2.75, 3.05) is 0 Å². The number of aromatic nitrogens is 2. The van der Waals surface area contributed by atoms with Gasteiger partial charge in [0.05, 0.1) is 12.2 Å². The molecule has 2 heterocycles. The molecule has 1 aromatic heterocycles. The van der Waals surface area contributed by atoms with Gasteiger partial charge in [-0.15, -0.1) is 11.8 Å². The third-order valence-electron chi connectivity index (χ3n) is 6.67. The number of fused-ring (bicyclic) bond motifs is 1. The van der Waals surface area contributed by atoms with Gasteiger partial charge in [0.2, 0.25) is 5.91 Å². The Bertz CT molecular complexity index is 995. The van der Waals surface area contributed by atoms with Gasteiger partial charge in [0, 0.05) is 18.3 Å². The second-order valence-electron chi connectivity index (χ2n) is 9.27. The van der Waals surface area contributed by atoms with E-state index in [1.165, 1.54) is 12.8 Å². The zero-order chi connectivity index (χ0) is 23.3. The van der Waals surface area contributed by atoms with Gasteiger partial charge in [0.1, 0.15) is 11.2 Å². The van der Waals surface area contributed by atoms with Gasteiger partial charge in [0.25, 0.3) is 5.91 Å². The fourth-order valence-electron chi connectivity index (χ4n) is 4.77. The smallest absolute Gasteiger partial charge is 0.273 e. The molecule has 1 aromatic carbocycles. The van der Waals surface area contributed by atoms with E-state index in [1.807, 2.05) is 61.7 Å². The molecule has 6 nitrogen and oxygen atoms in total. The van der Waals surface area contributed by atoms with Gasteiger partial charge in [0.15, 0.2) is 0 Å². The SMILES string of the molecule is C/C=C\SCc1cc2n(n1)CC(C)(C(=O)NC1CCCCCC1)N(Cc1ccccc1)C2=O. The third-order valence-corrected chi connectivity index (χ3v) is 7.60. The van der Waals surface area contributed by atoms with E-state index < -0.39 is 5.54 Å². The molecule has 1 saturated carbocycles. The third kappa shape index (κ3) is 5.35. The zero-order valence-corrected chi connectivity index (χ0v) is 20.4. The summed E-state index contributed by atoms with van der Waals surface area (Å²) in [5.41, 5.74) is 1.42. The maximum atomic E-state index is 13.7. The molecule has 0 saturated heterocycles. The van der Waals surface area contributed by atoms with Gasteiger partial charge in [-0.1, -0.05) is 62.1 Å². The highest BCUT2D eigenvalue weighted by Crippen LogP contribution is 2.31. The summed E-state index contributed by atoms with van der Waals surface area (Å²) in [6, 6.07) is 11.9. The molecule has 2 amide bonds. The molecule has 1 aliphatic carbocycles. The molecule has 2 aliphatic rings. The normalized spacial score (nSPS) is 21.8. The first kappa shape index (κ1) is 23.6. The predicted octanol–water partition coefficient (Wildman–Crippen LogP) is 4.90. The maximum Gasteiger partial charge on any atom is 0.273 e. The van der Waals surface area contributed by atoms with Crippen LogP contribution in [0.15, 0.2) is 47.9 Å². The van der Waals surface area contributed by atoms with E-state index in [2.05, 4.69) is 10.4 Å². The number of benzene rings is 1. The average Bonchev–Trinajstić information content (AvgIpc) is 3.03. The molecule has 1 atom stereocenters. The number of nitrogens with zero attached hydrogens (tertiary/aromatic N) is 3. The Morgan fingerprint density at radius 2 is 1.94 bits per heavy atom. The summed E-state index contributed by atoms with van der Waals surface area (Å²) in [5.74, 6) is 0.476. The van der Waals surface area contributed by atoms with E-state index in [1.54, 1.807) is 21.3 Å². The number of hydrogen-bond donors (Lipinski definition) is 1. The summed E-state index contributed by atoms with van der Waals surface area (Å²) in [4.78, 5) is 29.2. The summed E-state index contributed by atoms with van der Waals surface area (Å²) in [5, 5.41) is 10.0. The first-order chi connectivity index (χ1) is 16.0. The molecular formula is C26H34N4O2S. The van der Waals surface area contributed by atoms with Crippen molar-refractivity contribution < 1.29 is 9.59 Å². The zero-order valence-electron chi connectivity index (χ0n) is 19.6. The molecule has 0 radical (unpaired) electrons. The van der Waals surface area contributed by atoms with Crippen LogP contribution in [0.4, 0.5) is 0 Å². The summed E-state index contributed by atoms with van der Waals surface area (Å²) in [6.07, 6.45) is 8.75. The van der Waals surface area contributed by atoms with Gasteiger partial charge in [-0.3, -0.25) is 14.3 Å². The summed E-state index contributed by atoms with van der Waals surface area (Å²) < 4.78 is 1.74. The molecular weight excluding hydrogens is 432 g/mol. The van der Waals surface area contributed by atoms with Crippen LogP contribution in [-0.2, 0) is 23.6 Å². The van der Waals surface area contributed by atoms with Crippen molar-refractivity contribution in [2.24, 2.45) is 0 Å². The Morgan fingerprint density at radius 3 is 2.64 bits per heavy atom. The minimum absolute atomic E-state index is 0.0790. The monoisotopic (exact) mass is 466 g/mol. The fraction of sp³-hybridized carbons (Fsp3) is 0.500. The van der Waals surface area contributed by atoms with E-state index in [4.69, 9.17) is 0 Å². The highest BCUT2D eigenvalue weighted by molar-refractivity contribution is 8.01. The summed E-state index contributed by atoms with van der Waals surface area (Å²) in [6.45, 7) is 4.61. The van der Waals surface area contributed by atoms with Gasteiger partial charge in [-0.05, 0) is 43.7 Å². The Morgan fingerprint density at radius 1 is 1.21 bits per heavy atom. The lowest BCUT2D eigenvalue weighted by atomic mass is 9.93. The van der Waals surface area contributed by atoms with E-state index in [0.717, 1.165) is 36.9 Å². The van der Waals surface area contributed by atoms with Crippen LogP contribution in [0.25, 0.3) is 0 Å². The lowest BCUT2D eigenvalue weighted by Crippen LogP contribution is -2.64. The minimum atomic E-state index is -1.01. The molecule has 1 unspecified atom stereocenters. The van der Waals surface area contributed by atoms with Crippen LogP contribution in [0.1, 0.15) is 74.1 Å². The van der Waals surface area contributed by atoms with Crippen LogP contribution in [0.5, 0.6) is 0 Å².